The number of rotatable bonds is 6. The highest BCUT2D eigenvalue weighted by Gasteiger charge is 2.44. The number of fused-ring (bicyclic) bond motifs is 5. The zero-order valence-corrected chi connectivity index (χ0v) is 31.0. The van der Waals surface area contributed by atoms with Crippen molar-refractivity contribution in [1.29, 1.82) is 5.26 Å². The van der Waals surface area contributed by atoms with E-state index >= 15 is 0 Å². The quantitative estimate of drug-likeness (QED) is 0.172. The highest BCUT2D eigenvalue weighted by Crippen LogP contribution is 2.58. The van der Waals surface area contributed by atoms with E-state index in [0.717, 1.165) is 46.2 Å². The Morgan fingerprint density at radius 1 is 0.393 bits per heavy atom. The molecule has 2 aliphatic carbocycles. The Kier molecular flexibility index (Phi) is 8.42. The second-order valence-corrected chi connectivity index (χ2v) is 15.0. The van der Waals surface area contributed by atoms with Gasteiger partial charge in [0.05, 0.1) is 11.6 Å². The number of hydrogen-bond acceptors (Lipinski definition) is 4. The Balaban J connectivity index is 1.01. The van der Waals surface area contributed by atoms with Crippen molar-refractivity contribution in [2.45, 2.75) is 37.5 Å². The van der Waals surface area contributed by atoms with E-state index in [0.29, 0.717) is 23.0 Å². The summed E-state index contributed by atoms with van der Waals surface area (Å²) in [6.07, 6.45) is 6.07. The minimum absolute atomic E-state index is 0.0290. The summed E-state index contributed by atoms with van der Waals surface area (Å²) in [5.41, 5.74) is 15.9. The molecule has 4 heteroatoms. The van der Waals surface area contributed by atoms with Gasteiger partial charge in [-0.25, -0.2) is 15.0 Å². The number of aromatic nitrogens is 3. The van der Waals surface area contributed by atoms with Crippen LogP contribution in [0.4, 0.5) is 0 Å². The Bertz CT molecular complexity index is 2760. The van der Waals surface area contributed by atoms with E-state index in [-0.39, 0.29) is 5.41 Å². The van der Waals surface area contributed by atoms with Gasteiger partial charge in [-0.15, -0.1) is 0 Å². The Morgan fingerprint density at radius 2 is 0.893 bits per heavy atom. The lowest BCUT2D eigenvalue weighted by Gasteiger charge is -2.36. The van der Waals surface area contributed by atoms with Crippen molar-refractivity contribution in [2.24, 2.45) is 0 Å². The minimum Gasteiger partial charge on any atom is -0.208 e. The van der Waals surface area contributed by atoms with E-state index < -0.39 is 0 Å². The third-order valence-corrected chi connectivity index (χ3v) is 11.8. The fraction of sp³-hybridized carbons (Fsp3) is 0.115. The summed E-state index contributed by atoms with van der Waals surface area (Å²) in [5.74, 6) is 1.91. The van der Waals surface area contributed by atoms with Gasteiger partial charge in [-0.2, -0.15) is 5.26 Å². The molecule has 7 aromatic carbocycles. The van der Waals surface area contributed by atoms with Crippen molar-refractivity contribution in [3.63, 3.8) is 0 Å². The predicted octanol–water partition coefficient (Wildman–Crippen LogP) is 13.0. The van der Waals surface area contributed by atoms with Crippen LogP contribution in [0.25, 0.3) is 78.7 Å². The van der Waals surface area contributed by atoms with E-state index in [1.165, 1.54) is 58.2 Å². The first-order chi connectivity index (χ1) is 27.7. The number of nitrogens with zero attached hydrogens (tertiary/aromatic N) is 4. The zero-order chi connectivity index (χ0) is 37.5. The molecule has 0 amide bonds. The summed E-state index contributed by atoms with van der Waals surface area (Å²) in [4.78, 5) is 14.9. The van der Waals surface area contributed by atoms with Crippen molar-refractivity contribution in [2.75, 3.05) is 0 Å². The Hall–Kier alpha value is -6.96. The first-order valence-corrected chi connectivity index (χ1v) is 19.5. The van der Waals surface area contributed by atoms with Gasteiger partial charge in [0.15, 0.2) is 17.5 Å². The first-order valence-electron chi connectivity index (χ1n) is 19.5. The van der Waals surface area contributed by atoms with Gasteiger partial charge < -0.3 is 0 Å². The van der Waals surface area contributed by atoms with Gasteiger partial charge in [0.25, 0.3) is 0 Å². The molecule has 0 unspecified atom stereocenters. The van der Waals surface area contributed by atoms with Crippen molar-refractivity contribution in [1.82, 2.24) is 15.0 Å². The van der Waals surface area contributed by atoms with Crippen LogP contribution >= 0.6 is 0 Å². The summed E-state index contributed by atoms with van der Waals surface area (Å²) < 4.78 is 0. The standard InChI is InChI=1S/C52H38N4/c53-34-35-20-29-46-45(32-35)48-44(18-11-19-47(48)52(46)30-8-3-9-31-52)43-17-10-16-42(33-43)38-23-27-41(28-24-38)51-55-49(39-14-6-2-7-15-39)54-50(56-51)40-25-21-37(22-26-40)36-12-4-1-5-13-36/h1-2,4-7,10-29,32-33H,3,8-9,30-31H2. The van der Waals surface area contributed by atoms with Crippen LogP contribution in [-0.4, -0.2) is 15.0 Å². The largest absolute Gasteiger partial charge is 0.208 e. The normalized spacial score (nSPS) is 13.8. The van der Waals surface area contributed by atoms with Crippen LogP contribution in [-0.2, 0) is 5.41 Å². The second-order valence-electron chi connectivity index (χ2n) is 15.0. The summed E-state index contributed by atoms with van der Waals surface area (Å²) in [7, 11) is 0. The van der Waals surface area contributed by atoms with Gasteiger partial charge in [0.1, 0.15) is 0 Å². The van der Waals surface area contributed by atoms with Crippen LogP contribution in [0.2, 0.25) is 0 Å². The SMILES string of the molecule is N#Cc1ccc2c(c1)-c1c(-c3cccc(-c4ccc(-c5nc(-c6ccccc6)nc(-c6ccc(-c7ccccc7)cc6)n5)cc4)c3)cccc1C21CCCCC1. The molecular formula is C52H38N4. The van der Waals surface area contributed by atoms with Gasteiger partial charge in [0, 0.05) is 22.1 Å². The van der Waals surface area contributed by atoms with E-state index in [1.807, 2.05) is 42.5 Å². The van der Waals surface area contributed by atoms with Crippen molar-refractivity contribution >= 4 is 0 Å². The average Bonchev–Trinajstić information content (AvgIpc) is 3.55. The van der Waals surface area contributed by atoms with Crippen molar-refractivity contribution in [3.8, 4) is 84.7 Å². The molecule has 0 N–H and O–H groups in total. The molecule has 0 atom stereocenters. The van der Waals surface area contributed by atoms with Crippen molar-refractivity contribution in [3.05, 3.63) is 187 Å². The molecule has 1 fully saturated rings. The van der Waals surface area contributed by atoms with E-state index in [9.17, 15) is 5.26 Å². The molecule has 2 aliphatic rings. The lowest BCUT2D eigenvalue weighted by atomic mass is 9.67. The molecule has 1 spiro atoms. The molecule has 266 valence electrons. The van der Waals surface area contributed by atoms with Gasteiger partial charge in [0.2, 0.25) is 0 Å². The predicted molar refractivity (Wildman–Crippen MR) is 226 cm³/mol. The number of nitriles is 1. The van der Waals surface area contributed by atoms with Crippen LogP contribution in [0.1, 0.15) is 48.8 Å². The molecule has 56 heavy (non-hydrogen) atoms. The van der Waals surface area contributed by atoms with Crippen LogP contribution < -0.4 is 0 Å². The summed E-state index contributed by atoms with van der Waals surface area (Å²) >= 11 is 0. The number of benzene rings is 7. The molecule has 0 saturated heterocycles. The Morgan fingerprint density at radius 3 is 1.52 bits per heavy atom. The molecule has 0 bridgehead atoms. The van der Waals surface area contributed by atoms with Crippen LogP contribution in [0, 0.1) is 11.3 Å². The summed E-state index contributed by atoms with van der Waals surface area (Å²) in [5, 5.41) is 9.88. The molecule has 0 radical (unpaired) electrons. The zero-order valence-electron chi connectivity index (χ0n) is 31.0. The molecule has 1 heterocycles. The molecule has 1 saturated carbocycles. The fourth-order valence-corrected chi connectivity index (χ4v) is 9.03. The highest BCUT2D eigenvalue weighted by molar-refractivity contribution is 5.94. The van der Waals surface area contributed by atoms with E-state index in [1.54, 1.807) is 0 Å². The van der Waals surface area contributed by atoms with Gasteiger partial charge in [-0.1, -0.05) is 171 Å². The Labute approximate surface area is 327 Å². The maximum atomic E-state index is 9.88. The number of hydrogen-bond donors (Lipinski definition) is 0. The molecule has 8 aromatic rings. The molecule has 10 rings (SSSR count). The van der Waals surface area contributed by atoms with Gasteiger partial charge in [-0.05, 0) is 86.7 Å². The third kappa shape index (κ3) is 5.90. The van der Waals surface area contributed by atoms with Gasteiger partial charge >= 0.3 is 0 Å². The lowest BCUT2D eigenvalue weighted by Crippen LogP contribution is -2.28. The maximum Gasteiger partial charge on any atom is 0.164 e. The second kappa shape index (κ2) is 14.0. The summed E-state index contributed by atoms with van der Waals surface area (Å²) in [6.45, 7) is 0. The monoisotopic (exact) mass is 718 g/mol. The summed E-state index contributed by atoms with van der Waals surface area (Å²) in [6, 6.07) is 61.9. The first kappa shape index (κ1) is 33.6. The molecule has 0 aliphatic heterocycles. The molecular weight excluding hydrogens is 681 g/mol. The van der Waals surface area contributed by atoms with Crippen molar-refractivity contribution < 1.29 is 0 Å². The minimum atomic E-state index is 0.0290. The lowest BCUT2D eigenvalue weighted by molar-refractivity contribution is 0.353. The van der Waals surface area contributed by atoms with E-state index in [2.05, 4.69) is 133 Å². The smallest absolute Gasteiger partial charge is 0.164 e. The average molecular weight is 719 g/mol. The van der Waals surface area contributed by atoms with Crippen LogP contribution in [0.5, 0.6) is 0 Å². The molecule has 4 nitrogen and oxygen atoms in total. The maximum absolute atomic E-state index is 9.88. The topological polar surface area (TPSA) is 62.5 Å². The third-order valence-electron chi connectivity index (χ3n) is 11.8. The van der Waals surface area contributed by atoms with E-state index in [4.69, 9.17) is 15.0 Å². The van der Waals surface area contributed by atoms with Crippen LogP contribution in [0.15, 0.2) is 170 Å². The molecule has 1 aromatic heterocycles. The van der Waals surface area contributed by atoms with Gasteiger partial charge in [-0.3, -0.25) is 0 Å². The fourth-order valence-electron chi connectivity index (χ4n) is 9.03. The van der Waals surface area contributed by atoms with Crippen LogP contribution in [0.3, 0.4) is 0 Å². The highest BCUT2D eigenvalue weighted by atomic mass is 15.0.